The average Bonchev–Trinajstić information content (AvgIpc) is 3.13. The third-order valence-corrected chi connectivity index (χ3v) is 5.99. The van der Waals surface area contributed by atoms with Gasteiger partial charge in [0.1, 0.15) is 5.54 Å². The predicted molar refractivity (Wildman–Crippen MR) is 95.1 cm³/mol. The molecular formula is C20H29NO4. The van der Waals surface area contributed by atoms with Crippen LogP contribution in [0.3, 0.4) is 0 Å². The van der Waals surface area contributed by atoms with E-state index in [-0.39, 0.29) is 17.9 Å². The number of carbonyl (C=O) groups excluding carboxylic acids is 1. The number of carboxylic acids is 1. The van der Waals surface area contributed by atoms with Crippen molar-refractivity contribution >= 4 is 11.9 Å². The summed E-state index contributed by atoms with van der Waals surface area (Å²) in [4.78, 5) is 23.9. The minimum atomic E-state index is -0.799. The second-order valence-electron chi connectivity index (χ2n) is 8.00. The maximum Gasteiger partial charge on any atom is 0.326 e. The Kier molecular flexibility index (Phi) is 5.32. The minimum absolute atomic E-state index is 0.140. The topological polar surface area (TPSA) is 75.6 Å². The van der Waals surface area contributed by atoms with Crippen LogP contribution in [0.5, 0.6) is 0 Å². The van der Waals surface area contributed by atoms with Gasteiger partial charge >= 0.3 is 11.9 Å². The van der Waals surface area contributed by atoms with E-state index in [0.717, 1.165) is 32.1 Å². The molecule has 0 aromatic rings. The molecule has 1 unspecified atom stereocenters. The molecule has 0 aromatic carbocycles. The Bertz CT molecular complexity index is 605. The van der Waals surface area contributed by atoms with Crippen LogP contribution in [0.15, 0.2) is 23.3 Å². The van der Waals surface area contributed by atoms with E-state index in [1.165, 1.54) is 11.1 Å². The highest BCUT2D eigenvalue weighted by Gasteiger charge is 2.56. The molecule has 2 fully saturated rings. The fourth-order valence-corrected chi connectivity index (χ4v) is 4.55. The molecule has 2 N–H and O–H groups in total. The number of cyclic esters (lactones) is 1. The normalized spacial score (nSPS) is 34.7. The number of esters is 1. The van der Waals surface area contributed by atoms with Crippen molar-refractivity contribution in [3.05, 3.63) is 23.3 Å². The molecule has 3 rings (SSSR count). The molecule has 2 aliphatic heterocycles. The number of nitrogens with one attached hydrogen (secondary N) is 1. The first kappa shape index (κ1) is 18.2. The average molecular weight is 347 g/mol. The van der Waals surface area contributed by atoms with Crippen molar-refractivity contribution < 1.29 is 19.4 Å². The third-order valence-electron chi connectivity index (χ3n) is 5.99. The lowest BCUT2D eigenvalue weighted by molar-refractivity contribution is -0.143. The van der Waals surface area contributed by atoms with Crippen LogP contribution in [0.25, 0.3) is 0 Å². The van der Waals surface area contributed by atoms with Crippen LogP contribution in [-0.4, -0.2) is 35.2 Å². The van der Waals surface area contributed by atoms with Crippen LogP contribution < -0.4 is 5.32 Å². The number of rotatable bonds is 5. The van der Waals surface area contributed by atoms with Gasteiger partial charge < -0.3 is 9.84 Å². The van der Waals surface area contributed by atoms with Crippen molar-refractivity contribution in [1.82, 2.24) is 5.32 Å². The van der Waals surface area contributed by atoms with Gasteiger partial charge in [-0.05, 0) is 58.3 Å². The molecule has 0 aromatic heterocycles. The van der Waals surface area contributed by atoms with Crippen molar-refractivity contribution in [2.45, 2.75) is 70.4 Å². The monoisotopic (exact) mass is 347 g/mol. The highest BCUT2D eigenvalue weighted by atomic mass is 16.5. The molecule has 2 heterocycles. The van der Waals surface area contributed by atoms with Crippen LogP contribution in [0, 0.1) is 11.8 Å². The van der Waals surface area contributed by atoms with Gasteiger partial charge in [-0.25, -0.2) is 0 Å². The van der Waals surface area contributed by atoms with Crippen molar-refractivity contribution in [2.24, 2.45) is 11.8 Å². The van der Waals surface area contributed by atoms with Crippen LogP contribution in [0.2, 0.25) is 0 Å². The number of carboxylic acid groups (broad SMARTS) is 1. The molecule has 25 heavy (non-hydrogen) atoms. The standard InChI is InChI=1S/C20H29NO4/c1-13(2)4-3-5-14-6-8-15(9-7-14)17-16(18(22)23)12-20(21-17)10-11-25-19(20)24/h4,6,15-17,21H,3,5,7-12H2,1-2H3,(H,22,23)/t15?,16-,17-,20-/m1/s1. The molecule has 0 amide bonds. The van der Waals surface area contributed by atoms with E-state index in [9.17, 15) is 14.7 Å². The molecule has 0 bridgehead atoms. The van der Waals surface area contributed by atoms with Gasteiger partial charge in [0.05, 0.1) is 12.5 Å². The highest BCUT2D eigenvalue weighted by Crippen LogP contribution is 2.42. The van der Waals surface area contributed by atoms with E-state index >= 15 is 0 Å². The molecule has 3 aliphatic rings. The van der Waals surface area contributed by atoms with E-state index in [0.29, 0.717) is 19.4 Å². The summed E-state index contributed by atoms with van der Waals surface area (Å²) in [5, 5.41) is 13.0. The summed E-state index contributed by atoms with van der Waals surface area (Å²) in [6.45, 7) is 4.63. The Labute approximate surface area is 149 Å². The largest absolute Gasteiger partial charge is 0.481 e. The molecule has 2 saturated heterocycles. The lowest BCUT2D eigenvalue weighted by Crippen LogP contribution is -2.49. The first-order valence-electron chi connectivity index (χ1n) is 9.40. The summed E-state index contributed by atoms with van der Waals surface area (Å²) < 4.78 is 5.12. The highest BCUT2D eigenvalue weighted by molar-refractivity contribution is 5.85. The quantitative estimate of drug-likeness (QED) is 0.590. The Morgan fingerprint density at radius 1 is 1.48 bits per heavy atom. The number of ether oxygens (including phenoxy) is 1. The van der Waals surface area contributed by atoms with Crippen molar-refractivity contribution in [1.29, 1.82) is 0 Å². The van der Waals surface area contributed by atoms with Crippen LogP contribution in [-0.2, 0) is 14.3 Å². The first-order valence-corrected chi connectivity index (χ1v) is 9.40. The summed E-state index contributed by atoms with van der Waals surface area (Å²) in [6, 6.07) is -0.140. The van der Waals surface area contributed by atoms with Gasteiger partial charge in [-0.1, -0.05) is 23.3 Å². The molecule has 1 spiro atoms. The number of hydrogen-bond donors (Lipinski definition) is 2. The SMILES string of the molecule is CC(C)=CCCC1=CCC([C@H]2N[C@]3(CCOC3=O)C[C@H]2C(=O)O)CC1. The van der Waals surface area contributed by atoms with Crippen molar-refractivity contribution in [3.8, 4) is 0 Å². The van der Waals surface area contributed by atoms with Gasteiger partial charge in [-0.3, -0.25) is 14.9 Å². The second-order valence-corrected chi connectivity index (χ2v) is 8.00. The lowest BCUT2D eigenvalue weighted by atomic mass is 9.79. The Balaban J connectivity index is 1.65. The van der Waals surface area contributed by atoms with Gasteiger partial charge in [0, 0.05) is 12.5 Å². The smallest absolute Gasteiger partial charge is 0.326 e. The number of allylic oxidation sites excluding steroid dienone is 4. The molecule has 1 aliphatic carbocycles. The van der Waals surface area contributed by atoms with Gasteiger partial charge in [0.2, 0.25) is 0 Å². The van der Waals surface area contributed by atoms with E-state index in [4.69, 9.17) is 4.74 Å². The summed E-state index contributed by atoms with van der Waals surface area (Å²) in [5.74, 6) is -1.29. The zero-order valence-corrected chi connectivity index (χ0v) is 15.2. The molecule has 5 nitrogen and oxygen atoms in total. The van der Waals surface area contributed by atoms with Crippen molar-refractivity contribution in [2.75, 3.05) is 6.61 Å². The van der Waals surface area contributed by atoms with Gasteiger partial charge in [-0.2, -0.15) is 0 Å². The first-order chi connectivity index (χ1) is 11.9. The number of carbonyl (C=O) groups is 2. The van der Waals surface area contributed by atoms with E-state index in [1.54, 1.807) is 0 Å². The van der Waals surface area contributed by atoms with Crippen molar-refractivity contribution in [3.63, 3.8) is 0 Å². The van der Waals surface area contributed by atoms with Crippen LogP contribution in [0.4, 0.5) is 0 Å². The second kappa shape index (κ2) is 7.32. The maximum atomic E-state index is 12.1. The fourth-order valence-electron chi connectivity index (χ4n) is 4.55. The third kappa shape index (κ3) is 3.81. The number of aliphatic carboxylic acids is 1. The Morgan fingerprint density at radius 3 is 2.84 bits per heavy atom. The van der Waals surface area contributed by atoms with Gasteiger partial charge in [-0.15, -0.1) is 0 Å². The van der Waals surface area contributed by atoms with Crippen LogP contribution >= 0.6 is 0 Å². The zero-order valence-electron chi connectivity index (χ0n) is 15.2. The molecular weight excluding hydrogens is 318 g/mol. The lowest BCUT2D eigenvalue weighted by Gasteiger charge is -2.30. The Hall–Kier alpha value is -1.62. The Morgan fingerprint density at radius 2 is 2.28 bits per heavy atom. The van der Waals surface area contributed by atoms with E-state index < -0.39 is 17.4 Å². The van der Waals surface area contributed by atoms with E-state index in [2.05, 4.69) is 31.3 Å². The molecule has 0 saturated carbocycles. The summed E-state index contributed by atoms with van der Waals surface area (Å²) in [6.07, 6.45) is 10.6. The van der Waals surface area contributed by atoms with E-state index in [1.807, 2.05) is 0 Å². The fraction of sp³-hybridized carbons (Fsp3) is 0.700. The maximum absolute atomic E-state index is 12.1. The molecule has 0 radical (unpaired) electrons. The zero-order chi connectivity index (χ0) is 18.0. The predicted octanol–water partition coefficient (Wildman–Crippen LogP) is 3.21. The summed E-state index contributed by atoms with van der Waals surface area (Å²) >= 11 is 0. The molecule has 5 heteroatoms. The van der Waals surface area contributed by atoms with Gasteiger partial charge in [0.15, 0.2) is 0 Å². The molecule has 138 valence electrons. The summed E-state index contributed by atoms with van der Waals surface area (Å²) in [7, 11) is 0. The van der Waals surface area contributed by atoms with Gasteiger partial charge in [0.25, 0.3) is 0 Å². The summed E-state index contributed by atoms with van der Waals surface area (Å²) in [5.41, 5.74) is 2.07. The minimum Gasteiger partial charge on any atom is -0.481 e. The van der Waals surface area contributed by atoms with Crippen LogP contribution in [0.1, 0.15) is 58.8 Å². The molecule has 4 atom stereocenters. The number of hydrogen-bond acceptors (Lipinski definition) is 4.